The zero-order valence-electron chi connectivity index (χ0n) is 8.72. The molecule has 3 rings (SSSR count). The van der Waals surface area contributed by atoms with Crippen molar-refractivity contribution in [2.24, 2.45) is 0 Å². The second kappa shape index (κ2) is 3.17. The molecule has 2 nitrogen and oxygen atoms in total. The van der Waals surface area contributed by atoms with E-state index in [1.807, 2.05) is 36.4 Å². The first kappa shape index (κ1) is 9.58. The normalized spacial score (nSPS) is 17.4. The van der Waals surface area contributed by atoms with Gasteiger partial charge in [0.2, 0.25) is 0 Å². The summed E-state index contributed by atoms with van der Waals surface area (Å²) >= 11 is 0. The number of hydrogen-bond donors (Lipinski definition) is 2. The predicted octanol–water partition coefficient (Wildman–Crippen LogP) is 2.39. The third-order valence-electron chi connectivity index (χ3n) is 3.09. The molecule has 0 aromatic heterocycles. The van der Waals surface area contributed by atoms with Crippen LogP contribution in [-0.4, -0.2) is 10.2 Å². The average Bonchev–Trinajstić information content (AvgIpc) is 2.28. The third-order valence-corrected chi connectivity index (χ3v) is 3.09. The third kappa shape index (κ3) is 1.28. The van der Waals surface area contributed by atoms with Crippen molar-refractivity contribution >= 4 is 16.8 Å². The van der Waals surface area contributed by atoms with Crippen molar-refractivity contribution in [1.82, 2.24) is 0 Å². The smallest absolute Gasteiger partial charge is 0.193 e. The Morgan fingerprint density at radius 3 is 2.69 bits per heavy atom. The highest BCUT2D eigenvalue weighted by Crippen LogP contribution is 2.35. The van der Waals surface area contributed by atoms with Crippen LogP contribution in [0.4, 0.5) is 0 Å². The van der Waals surface area contributed by atoms with E-state index in [0.29, 0.717) is 5.56 Å². The predicted molar refractivity (Wildman–Crippen MR) is 63.7 cm³/mol. The Labute approximate surface area is 93.5 Å². The Morgan fingerprint density at radius 1 is 1.00 bits per heavy atom. The van der Waals surface area contributed by atoms with Crippen LogP contribution in [0.25, 0.3) is 16.8 Å². The van der Waals surface area contributed by atoms with Crippen LogP contribution < -0.4 is 0 Å². The number of fused-ring (bicyclic) bond motifs is 3. The van der Waals surface area contributed by atoms with Crippen molar-refractivity contribution in [3.05, 3.63) is 53.6 Å². The Hall–Kier alpha value is -1.64. The summed E-state index contributed by atoms with van der Waals surface area (Å²) in [5, 5.41) is 22.0. The maximum absolute atomic E-state index is 9.89. The monoisotopic (exact) mass is 212 g/mol. The fourth-order valence-corrected chi connectivity index (χ4v) is 2.28. The molecule has 0 amide bonds. The van der Waals surface area contributed by atoms with Crippen LogP contribution in [0.15, 0.2) is 42.5 Å². The maximum atomic E-state index is 9.89. The quantitative estimate of drug-likeness (QED) is 0.658. The fourth-order valence-electron chi connectivity index (χ4n) is 2.28. The molecule has 0 heterocycles. The molecular formula is C14H12O2. The Morgan fingerprint density at radius 2 is 1.81 bits per heavy atom. The lowest BCUT2D eigenvalue weighted by molar-refractivity contribution is -0.166. The minimum absolute atomic E-state index is 0.248. The molecular weight excluding hydrogens is 200 g/mol. The number of rotatable bonds is 0. The van der Waals surface area contributed by atoms with Gasteiger partial charge in [0, 0.05) is 12.0 Å². The summed E-state index contributed by atoms with van der Waals surface area (Å²) in [6.07, 6.45) is 4.01. The molecule has 2 N–H and O–H groups in total. The van der Waals surface area contributed by atoms with Crippen molar-refractivity contribution in [3.8, 4) is 0 Å². The standard InChI is InChI=1S/C14H12O2/c15-14(16)9-3-6-12-11-5-2-1-4-10(11)7-8-13(12)14/h1-8,15-16H,9H2. The van der Waals surface area contributed by atoms with E-state index in [4.69, 9.17) is 0 Å². The minimum atomic E-state index is -1.73. The van der Waals surface area contributed by atoms with E-state index in [-0.39, 0.29) is 6.42 Å². The molecule has 2 heteroatoms. The van der Waals surface area contributed by atoms with Crippen LogP contribution in [0.2, 0.25) is 0 Å². The van der Waals surface area contributed by atoms with E-state index in [1.165, 1.54) is 0 Å². The first-order valence-corrected chi connectivity index (χ1v) is 5.32. The van der Waals surface area contributed by atoms with E-state index in [0.717, 1.165) is 16.3 Å². The molecule has 0 spiro atoms. The molecule has 80 valence electrons. The highest BCUT2D eigenvalue weighted by atomic mass is 16.5. The molecule has 16 heavy (non-hydrogen) atoms. The first-order valence-electron chi connectivity index (χ1n) is 5.32. The second-order valence-corrected chi connectivity index (χ2v) is 4.17. The molecule has 2 aromatic carbocycles. The minimum Gasteiger partial charge on any atom is -0.362 e. The molecule has 1 aliphatic carbocycles. The van der Waals surface area contributed by atoms with Gasteiger partial charge < -0.3 is 10.2 Å². The lowest BCUT2D eigenvalue weighted by Gasteiger charge is -2.26. The Balaban J connectivity index is 2.40. The summed E-state index contributed by atoms with van der Waals surface area (Å²) in [7, 11) is 0. The van der Waals surface area contributed by atoms with Crippen LogP contribution >= 0.6 is 0 Å². The highest BCUT2D eigenvalue weighted by Gasteiger charge is 2.29. The van der Waals surface area contributed by atoms with Crippen molar-refractivity contribution in [1.29, 1.82) is 0 Å². The summed E-state index contributed by atoms with van der Waals surface area (Å²) in [5.41, 5.74) is 1.50. The molecule has 1 aliphatic rings. The SMILES string of the molecule is OC1(O)CC=Cc2c1ccc1ccccc21. The molecule has 0 aliphatic heterocycles. The number of hydrogen-bond acceptors (Lipinski definition) is 2. The van der Waals surface area contributed by atoms with E-state index < -0.39 is 5.79 Å². The molecule has 0 saturated carbocycles. The van der Waals surface area contributed by atoms with E-state index in [9.17, 15) is 10.2 Å². The van der Waals surface area contributed by atoms with E-state index in [1.54, 1.807) is 12.1 Å². The fraction of sp³-hybridized carbons (Fsp3) is 0.143. The van der Waals surface area contributed by atoms with Gasteiger partial charge in [0.05, 0.1) is 0 Å². The van der Waals surface area contributed by atoms with Crippen molar-refractivity contribution < 1.29 is 10.2 Å². The van der Waals surface area contributed by atoms with Gasteiger partial charge in [-0.15, -0.1) is 0 Å². The molecule has 0 atom stereocenters. The number of aliphatic hydroxyl groups is 2. The zero-order valence-corrected chi connectivity index (χ0v) is 8.72. The molecule has 0 saturated heterocycles. The topological polar surface area (TPSA) is 40.5 Å². The average molecular weight is 212 g/mol. The van der Waals surface area contributed by atoms with Gasteiger partial charge in [0.15, 0.2) is 5.79 Å². The molecule has 0 bridgehead atoms. The summed E-state index contributed by atoms with van der Waals surface area (Å²) in [4.78, 5) is 0. The molecule has 0 radical (unpaired) electrons. The highest BCUT2D eigenvalue weighted by molar-refractivity contribution is 5.92. The van der Waals surface area contributed by atoms with Gasteiger partial charge in [-0.3, -0.25) is 0 Å². The van der Waals surface area contributed by atoms with Crippen molar-refractivity contribution in [2.45, 2.75) is 12.2 Å². The van der Waals surface area contributed by atoms with Crippen molar-refractivity contribution in [2.75, 3.05) is 0 Å². The van der Waals surface area contributed by atoms with Crippen LogP contribution in [0.5, 0.6) is 0 Å². The number of benzene rings is 2. The van der Waals surface area contributed by atoms with Crippen LogP contribution in [-0.2, 0) is 5.79 Å². The molecule has 0 unspecified atom stereocenters. The molecule has 0 fully saturated rings. The molecule has 2 aromatic rings. The van der Waals surface area contributed by atoms with Crippen molar-refractivity contribution in [3.63, 3.8) is 0 Å². The Kier molecular flexibility index (Phi) is 1.90. The first-order chi connectivity index (χ1) is 7.68. The zero-order chi connectivity index (χ0) is 11.2. The summed E-state index contributed by atoms with van der Waals surface area (Å²) in [6, 6.07) is 11.7. The van der Waals surface area contributed by atoms with Crippen LogP contribution in [0.1, 0.15) is 17.5 Å². The van der Waals surface area contributed by atoms with Gasteiger partial charge in [-0.1, -0.05) is 48.6 Å². The van der Waals surface area contributed by atoms with Gasteiger partial charge in [-0.2, -0.15) is 0 Å². The van der Waals surface area contributed by atoms with E-state index in [2.05, 4.69) is 0 Å². The maximum Gasteiger partial charge on any atom is 0.193 e. The summed E-state index contributed by atoms with van der Waals surface area (Å²) in [5.74, 6) is -1.73. The largest absolute Gasteiger partial charge is 0.362 e. The van der Waals surface area contributed by atoms with Gasteiger partial charge >= 0.3 is 0 Å². The van der Waals surface area contributed by atoms with Crippen LogP contribution in [0.3, 0.4) is 0 Å². The second-order valence-electron chi connectivity index (χ2n) is 4.17. The Bertz CT molecular complexity index is 582. The van der Waals surface area contributed by atoms with Crippen LogP contribution in [0, 0.1) is 0 Å². The lowest BCUT2D eigenvalue weighted by Crippen LogP contribution is -2.27. The summed E-state index contributed by atoms with van der Waals surface area (Å²) in [6.45, 7) is 0. The van der Waals surface area contributed by atoms with Gasteiger partial charge in [-0.25, -0.2) is 0 Å². The van der Waals surface area contributed by atoms with Gasteiger partial charge in [-0.05, 0) is 16.3 Å². The summed E-state index contributed by atoms with van der Waals surface area (Å²) < 4.78 is 0. The van der Waals surface area contributed by atoms with E-state index >= 15 is 0 Å². The lowest BCUT2D eigenvalue weighted by atomic mass is 9.88. The van der Waals surface area contributed by atoms with Gasteiger partial charge in [0.25, 0.3) is 0 Å². The van der Waals surface area contributed by atoms with Gasteiger partial charge in [0.1, 0.15) is 0 Å².